The number of nitrogens with zero attached hydrogens (tertiary/aromatic N) is 6. The quantitative estimate of drug-likeness (QED) is 0.633. The number of anilines is 1. The Morgan fingerprint density at radius 1 is 0.967 bits per heavy atom. The number of benzene rings is 1. The Labute approximate surface area is 171 Å². The first-order chi connectivity index (χ1) is 14.5. The van der Waals surface area contributed by atoms with Gasteiger partial charge < -0.3 is 14.2 Å². The number of aromatic nitrogens is 4. The molecule has 30 heavy (non-hydrogen) atoms. The highest BCUT2D eigenvalue weighted by Crippen LogP contribution is 2.37. The third kappa shape index (κ3) is 4.04. The second-order valence-corrected chi connectivity index (χ2v) is 7.71. The lowest BCUT2D eigenvalue weighted by Gasteiger charge is -2.35. The summed E-state index contributed by atoms with van der Waals surface area (Å²) in [5, 5.41) is 0. The van der Waals surface area contributed by atoms with E-state index < -0.39 is 6.36 Å². The van der Waals surface area contributed by atoms with E-state index in [0.29, 0.717) is 12.6 Å². The van der Waals surface area contributed by atoms with Gasteiger partial charge in [-0.1, -0.05) is 12.1 Å². The van der Waals surface area contributed by atoms with Gasteiger partial charge in [0.05, 0.1) is 6.33 Å². The second kappa shape index (κ2) is 7.42. The molecule has 0 unspecified atom stereocenters. The molecule has 3 heterocycles. The van der Waals surface area contributed by atoms with Gasteiger partial charge in [0, 0.05) is 38.8 Å². The van der Waals surface area contributed by atoms with Gasteiger partial charge in [0.15, 0.2) is 17.0 Å². The van der Waals surface area contributed by atoms with Crippen molar-refractivity contribution in [2.24, 2.45) is 0 Å². The first kappa shape index (κ1) is 19.1. The van der Waals surface area contributed by atoms with E-state index in [9.17, 15) is 13.2 Å². The van der Waals surface area contributed by atoms with Crippen molar-refractivity contribution in [2.75, 3.05) is 31.1 Å². The minimum Gasteiger partial charge on any atom is -0.406 e. The Hall–Kier alpha value is -2.88. The van der Waals surface area contributed by atoms with Crippen LogP contribution in [0.25, 0.3) is 11.2 Å². The fourth-order valence-electron chi connectivity index (χ4n) is 3.86. The predicted octanol–water partition coefficient (Wildman–Crippen LogP) is 3.38. The number of rotatable bonds is 5. The van der Waals surface area contributed by atoms with Gasteiger partial charge in [0.1, 0.15) is 12.1 Å². The summed E-state index contributed by atoms with van der Waals surface area (Å²) in [6, 6.07) is 6.57. The highest BCUT2D eigenvalue weighted by atomic mass is 19.4. The summed E-state index contributed by atoms with van der Waals surface area (Å²) in [6.45, 7) is 3.94. The lowest BCUT2D eigenvalue weighted by atomic mass is 10.2. The van der Waals surface area contributed by atoms with Crippen molar-refractivity contribution < 1.29 is 17.9 Å². The number of ether oxygens (including phenoxy) is 1. The molecular weight excluding hydrogens is 397 g/mol. The summed E-state index contributed by atoms with van der Waals surface area (Å²) in [7, 11) is 0. The zero-order valence-corrected chi connectivity index (χ0v) is 16.2. The number of alkyl halides is 3. The van der Waals surface area contributed by atoms with E-state index in [1.165, 1.54) is 25.0 Å². The minimum atomic E-state index is -4.67. The van der Waals surface area contributed by atoms with Crippen molar-refractivity contribution >= 4 is 17.0 Å². The Balaban J connectivity index is 1.21. The molecule has 3 aromatic rings. The van der Waals surface area contributed by atoms with E-state index in [4.69, 9.17) is 0 Å². The van der Waals surface area contributed by atoms with Gasteiger partial charge in [-0.25, -0.2) is 15.0 Å². The molecule has 2 aromatic heterocycles. The van der Waals surface area contributed by atoms with Gasteiger partial charge in [0.25, 0.3) is 0 Å². The van der Waals surface area contributed by atoms with Gasteiger partial charge >= 0.3 is 6.36 Å². The topological polar surface area (TPSA) is 59.3 Å². The maximum atomic E-state index is 12.3. The summed E-state index contributed by atoms with van der Waals surface area (Å²) in [6.07, 6.45) is 1.15. The third-order valence-corrected chi connectivity index (χ3v) is 5.51. The van der Waals surface area contributed by atoms with Crippen molar-refractivity contribution in [3.05, 3.63) is 42.5 Å². The Bertz CT molecular complexity index is 1020. The molecule has 2 fully saturated rings. The molecule has 158 valence electrons. The number of halogens is 3. The van der Waals surface area contributed by atoms with Gasteiger partial charge in [-0.15, -0.1) is 13.2 Å². The third-order valence-electron chi connectivity index (χ3n) is 5.51. The average Bonchev–Trinajstić information content (AvgIpc) is 3.47. The summed E-state index contributed by atoms with van der Waals surface area (Å²) in [5.41, 5.74) is 2.69. The van der Waals surface area contributed by atoms with Crippen LogP contribution in [0.15, 0.2) is 36.9 Å². The Morgan fingerprint density at radius 2 is 1.70 bits per heavy atom. The van der Waals surface area contributed by atoms with E-state index in [2.05, 4.69) is 34.1 Å². The molecule has 1 saturated heterocycles. The molecule has 0 N–H and O–H groups in total. The van der Waals surface area contributed by atoms with Gasteiger partial charge in [-0.05, 0) is 30.5 Å². The zero-order valence-electron chi connectivity index (χ0n) is 16.2. The molecule has 1 aromatic carbocycles. The number of fused-ring (bicyclic) bond motifs is 1. The summed E-state index contributed by atoms with van der Waals surface area (Å²) in [4.78, 5) is 18.0. The van der Waals surface area contributed by atoms with Gasteiger partial charge in [-0.3, -0.25) is 4.90 Å². The van der Waals surface area contributed by atoms with Crippen LogP contribution in [-0.2, 0) is 6.54 Å². The normalized spacial score (nSPS) is 18.2. The van der Waals surface area contributed by atoms with E-state index >= 15 is 0 Å². The van der Waals surface area contributed by atoms with Crippen LogP contribution in [0.1, 0.15) is 24.4 Å². The monoisotopic (exact) mass is 418 g/mol. The van der Waals surface area contributed by atoms with E-state index in [-0.39, 0.29) is 5.75 Å². The minimum absolute atomic E-state index is 0.200. The predicted molar refractivity (Wildman–Crippen MR) is 104 cm³/mol. The van der Waals surface area contributed by atoms with Crippen molar-refractivity contribution in [1.82, 2.24) is 24.4 Å². The molecule has 5 rings (SSSR count). The fraction of sp³-hybridized carbons (Fsp3) is 0.450. The molecule has 0 atom stereocenters. The summed E-state index contributed by atoms with van der Waals surface area (Å²) in [5.74, 6) is 0.669. The molecule has 1 aliphatic heterocycles. The van der Waals surface area contributed by atoms with Crippen molar-refractivity contribution in [1.29, 1.82) is 0 Å². The first-order valence-electron chi connectivity index (χ1n) is 9.96. The fourth-order valence-corrected chi connectivity index (χ4v) is 3.86. The summed E-state index contributed by atoms with van der Waals surface area (Å²) < 4.78 is 42.9. The molecule has 0 spiro atoms. The number of hydrogen-bond acceptors (Lipinski definition) is 6. The SMILES string of the molecule is FC(F)(F)Oc1ccc(CN2CCN(c3ncnc4c3ncn4C3CC3)CC2)cc1. The highest BCUT2D eigenvalue weighted by Gasteiger charge is 2.31. The van der Waals surface area contributed by atoms with Crippen LogP contribution in [0, 0.1) is 0 Å². The second-order valence-electron chi connectivity index (χ2n) is 7.71. The van der Waals surface area contributed by atoms with Crippen LogP contribution in [-0.4, -0.2) is 57.0 Å². The molecule has 0 bridgehead atoms. The lowest BCUT2D eigenvalue weighted by Crippen LogP contribution is -2.46. The standard InChI is InChI=1S/C20H21F3N6O/c21-20(22,23)30-16-5-1-14(2-6-16)11-27-7-9-28(10-8-27)18-17-19(25-12-24-18)29(13-26-17)15-3-4-15/h1-2,5-6,12-13,15H,3-4,7-11H2. The molecular formula is C20H21F3N6O. The zero-order chi connectivity index (χ0) is 20.7. The van der Waals surface area contributed by atoms with Crippen LogP contribution in [0.2, 0.25) is 0 Å². The molecule has 0 amide bonds. The largest absolute Gasteiger partial charge is 0.573 e. The number of piperazine rings is 1. The van der Waals surface area contributed by atoms with Crippen LogP contribution in [0.5, 0.6) is 5.75 Å². The molecule has 2 aliphatic rings. The molecule has 1 aliphatic carbocycles. The summed E-state index contributed by atoms with van der Waals surface area (Å²) >= 11 is 0. The van der Waals surface area contributed by atoms with Gasteiger partial charge in [-0.2, -0.15) is 0 Å². The maximum absolute atomic E-state index is 12.3. The van der Waals surface area contributed by atoms with Crippen LogP contribution >= 0.6 is 0 Å². The highest BCUT2D eigenvalue weighted by molar-refractivity contribution is 5.83. The van der Waals surface area contributed by atoms with E-state index in [1.807, 2.05) is 6.33 Å². The van der Waals surface area contributed by atoms with Crippen molar-refractivity contribution in [3.63, 3.8) is 0 Å². The lowest BCUT2D eigenvalue weighted by molar-refractivity contribution is -0.274. The smallest absolute Gasteiger partial charge is 0.406 e. The maximum Gasteiger partial charge on any atom is 0.573 e. The Morgan fingerprint density at radius 3 is 2.37 bits per heavy atom. The van der Waals surface area contributed by atoms with Crippen LogP contribution in [0.4, 0.5) is 19.0 Å². The average molecular weight is 418 g/mol. The first-order valence-corrected chi connectivity index (χ1v) is 9.96. The van der Waals surface area contributed by atoms with Gasteiger partial charge in [0.2, 0.25) is 0 Å². The molecule has 1 saturated carbocycles. The van der Waals surface area contributed by atoms with Crippen molar-refractivity contribution in [2.45, 2.75) is 31.8 Å². The Kier molecular flexibility index (Phi) is 4.73. The molecule has 0 radical (unpaired) electrons. The van der Waals surface area contributed by atoms with Crippen LogP contribution < -0.4 is 9.64 Å². The number of imidazole rings is 1. The van der Waals surface area contributed by atoms with Crippen LogP contribution in [0.3, 0.4) is 0 Å². The molecule has 10 heteroatoms. The van der Waals surface area contributed by atoms with E-state index in [1.54, 1.807) is 18.5 Å². The number of hydrogen-bond donors (Lipinski definition) is 0. The van der Waals surface area contributed by atoms with Crippen molar-refractivity contribution in [3.8, 4) is 5.75 Å². The molecule has 7 nitrogen and oxygen atoms in total. The van der Waals surface area contributed by atoms with E-state index in [0.717, 1.165) is 48.7 Å².